The number of fused-ring (bicyclic) bond motifs is 3. The Balaban J connectivity index is 1.52. The van der Waals surface area contributed by atoms with Gasteiger partial charge in [-0.05, 0) is 0 Å². The molecular formula is C39H25N3Se. The summed E-state index contributed by atoms with van der Waals surface area (Å²) in [7, 11) is 0. The zero-order chi connectivity index (χ0) is 28.6. The Bertz CT molecular complexity index is 2220. The summed E-state index contributed by atoms with van der Waals surface area (Å²) in [6.45, 7) is 0. The number of rotatable bonds is 5. The average Bonchev–Trinajstić information content (AvgIpc) is 3.47. The molecule has 0 atom stereocenters. The third-order valence-corrected chi connectivity index (χ3v) is 10.3. The molecule has 0 amide bonds. The summed E-state index contributed by atoms with van der Waals surface area (Å²) in [5.41, 5.74) is 10.4. The molecule has 3 nitrogen and oxygen atoms in total. The molecule has 8 rings (SSSR count). The summed E-state index contributed by atoms with van der Waals surface area (Å²) in [5.74, 6) is 0. The maximum atomic E-state index is 4.86. The zero-order valence-corrected chi connectivity index (χ0v) is 24.9. The Morgan fingerprint density at radius 2 is 0.953 bits per heavy atom. The molecule has 43 heavy (non-hydrogen) atoms. The molecule has 0 spiro atoms. The molecule has 0 aliphatic rings. The number of aromatic nitrogens is 3. The molecule has 0 radical (unpaired) electrons. The van der Waals surface area contributed by atoms with Crippen molar-refractivity contribution in [3.8, 4) is 55.9 Å². The van der Waals surface area contributed by atoms with E-state index in [9.17, 15) is 0 Å². The molecule has 0 saturated heterocycles. The summed E-state index contributed by atoms with van der Waals surface area (Å²) >= 11 is 0.246. The number of benzene rings is 6. The van der Waals surface area contributed by atoms with Gasteiger partial charge in [-0.3, -0.25) is 0 Å². The van der Waals surface area contributed by atoms with Crippen LogP contribution in [0.15, 0.2) is 152 Å². The monoisotopic (exact) mass is 615 g/mol. The van der Waals surface area contributed by atoms with E-state index < -0.39 is 0 Å². The molecule has 2 aromatic heterocycles. The fourth-order valence-electron chi connectivity index (χ4n) is 6.05. The van der Waals surface area contributed by atoms with Crippen LogP contribution in [0.2, 0.25) is 0 Å². The Morgan fingerprint density at radius 1 is 0.372 bits per heavy atom. The normalized spacial score (nSPS) is 11.3. The van der Waals surface area contributed by atoms with Gasteiger partial charge in [0.15, 0.2) is 0 Å². The molecule has 8 aromatic rings. The van der Waals surface area contributed by atoms with E-state index in [1.165, 1.54) is 30.4 Å². The first-order chi connectivity index (χ1) is 21.4. The Hall–Kier alpha value is -5.15. The van der Waals surface area contributed by atoms with E-state index in [1.807, 2.05) is 18.2 Å². The maximum absolute atomic E-state index is 4.86. The molecule has 0 unspecified atom stereocenters. The molecule has 0 fully saturated rings. The molecule has 6 aromatic carbocycles. The second kappa shape index (κ2) is 10.9. The Kier molecular flexibility index (Phi) is 6.49. The van der Waals surface area contributed by atoms with E-state index in [0.717, 1.165) is 44.8 Å². The van der Waals surface area contributed by atoms with Crippen molar-refractivity contribution >= 4 is 33.8 Å². The van der Waals surface area contributed by atoms with Gasteiger partial charge in [-0.2, -0.15) is 0 Å². The minimum atomic E-state index is 0.246. The summed E-state index contributed by atoms with van der Waals surface area (Å²) in [6, 6.07) is 53.5. The van der Waals surface area contributed by atoms with E-state index in [1.54, 1.807) is 0 Å². The Morgan fingerprint density at radius 3 is 1.70 bits per heavy atom. The second-order valence-corrected chi connectivity index (χ2v) is 12.7. The molecule has 0 aliphatic heterocycles. The van der Waals surface area contributed by atoms with Crippen molar-refractivity contribution in [2.75, 3.05) is 0 Å². The predicted molar refractivity (Wildman–Crippen MR) is 179 cm³/mol. The SMILES string of the molecule is c1ccc(-c2ccccc2-c2c(-c3ccccc3)nnnc2-c2ccc3[se]c4ccccc4c3c2-c2ccccc2)cc1. The van der Waals surface area contributed by atoms with Crippen LogP contribution in [0, 0.1) is 0 Å². The summed E-state index contributed by atoms with van der Waals surface area (Å²) in [5, 5.41) is 16.6. The topological polar surface area (TPSA) is 38.7 Å². The fourth-order valence-corrected chi connectivity index (χ4v) is 8.39. The van der Waals surface area contributed by atoms with Crippen molar-refractivity contribution in [2.45, 2.75) is 0 Å². The molecular weight excluding hydrogens is 589 g/mol. The van der Waals surface area contributed by atoms with Gasteiger partial charge in [0, 0.05) is 0 Å². The van der Waals surface area contributed by atoms with Crippen molar-refractivity contribution in [3.05, 3.63) is 152 Å². The third kappa shape index (κ3) is 4.49. The second-order valence-electron chi connectivity index (χ2n) is 10.5. The van der Waals surface area contributed by atoms with Gasteiger partial charge in [-0.15, -0.1) is 0 Å². The van der Waals surface area contributed by atoms with Crippen molar-refractivity contribution < 1.29 is 0 Å². The van der Waals surface area contributed by atoms with Crippen molar-refractivity contribution in [3.63, 3.8) is 0 Å². The van der Waals surface area contributed by atoms with Gasteiger partial charge in [0.05, 0.1) is 0 Å². The van der Waals surface area contributed by atoms with Crippen LogP contribution >= 0.6 is 0 Å². The first kappa shape index (κ1) is 25.6. The molecule has 4 heteroatoms. The number of hydrogen-bond acceptors (Lipinski definition) is 3. The van der Waals surface area contributed by atoms with E-state index in [-0.39, 0.29) is 14.5 Å². The predicted octanol–water partition coefficient (Wildman–Crippen LogP) is 9.57. The quantitative estimate of drug-likeness (QED) is 0.181. The van der Waals surface area contributed by atoms with Crippen LogP contribution in [0.3, 0.4) is 0 Å². The van der Waals surface area contributed by atoms with E-state index in [2.05, 4.69) is 139 Å². The first-order valence-corrected chi connectivity index (χ1v) is 16.0. The van der Waals surface area contributed by atoms with Crippen LogP contribution in [0.4, 0.5) is 0 Å². The third-order valence-electron chi connectivity index (χ3n) is 7.95. The average molecular weight is 615 g/mol. The van der Waals surface area contributed by atoms with Gasteiger partial charge in [0.25, 0.3) is 0 Å². The van der Waals surface area contributed by atoms with Crippen LogP contribution in [0.5, 0.6) is 0 Å². The van der Waals surface area contributed by atoms with Crippen molar-refractivity contribution in [1.29, 1.82) is 0 Å². The molecule has 0 saturated carbocycles. The first-order valence-electron chi connectivity index (χ1n) is 14.3. The van der Waals surface area contributed by atoms with Gasteiger partial charge in [-0.25, -0.2) is 0 Å². The molecule has 0 aliphatic carbocycles. The summed E-state index contributed by atoms with van der Waals surface area (Å²) in [4.78, 5) is 0. The fraction of sp³-hybridized carbons (Fsp3) is 0. The van der Waals surface area contributed by atoms with Crippen molar-refractivity contribution in [2.24, 2.45) is 0 Å². The van der Waals surface area contributed by atoms with E-state index in [4.69, 9.17) is 10.2 Å². The minimum absolute atomic E-state index is 0.246. The molecule has 0 bridgehead atoms. The van der Waals surface area contributed by atoms with Crippen LogP contribution in [0.1, 0.15) is 0 Å². The van der Waals surface area contributed by atoms with Crippen LogP contribution in [-0.2, 0) is 0 Å². The van der Waals surface area contributed by atoms with Crippen LogP contribution < -0.4 is 0 Å². The Labute approximate surface area is 255 Å². The van der Waals surface area contributed by atoms with Crippen molar-refractivity contribution in [1.82, 2.24) is 15.4 Å². The standard InChI is InChI=1S/C39H25N3Se/c1-4-14-26(15-5-1)29-20-10-11-21-30(29)37-38(28-18-8-3-9-19-28)40-42-41-39(37)32-24-25-34-36(31-22-12-13-23-33(31)43-34)35(32)27-16-6-2-7-17-27/h1-25H. The van der Waals surface area contributed by atoms with E-state index in [0.29, 0.717) is 0 Å². The summed E-state index contributed by atoms with van der Waals surface area (Å²) < 4.78 is 2.81. The molecule has 202 valence electrons. The summed E-state index contributed by atoms with van der Waals surface area (Å²) in [6.07, 6.45) is 0. The molecule has 0 N–H and O–H groups in total. The van der Waals surface area contributed by atoms with Gasteiger partial charge < -0.3 is 0 Å². The van der Waals surface area contributed by atoms with Gasteiger partial charge in [0.2, 0.25) is 0 Å². The van der Waals surface area contributed by atoms with E-state index >= 15 is 0 Å². The van der Waals surface area contributed by atoms with Crippen LogP contribution in [-0.4, -0.2) is 29.9 Å². The van der Waals surface area contributed by atoms with Gasteiger partial charge >= 0.3 is 257 Å². The number of nitrogens with zero attached hydrogens (tertiary/aromatic N) is 3. The zero-order valence-electron chi connectivity index (χ0n) is 23.2. The number of hydrogen-bond donors (Lipinski definition) is 0. The molecule has 2 heterocycles. The van der Waals surface area contributed by atoms with Gasteiger partial charge in [0.1, 0.15) is 0 Å². The van der Waals surface area contributed by atoms with Crippen LogP contribution in [0.25, 0.3) is 75.2 Å². The van der Waals surface area contributed by atoms with Gasteiger partial charge in [-0.1, -0.05) is 0 Å².